The number of amides is 1. The van der Waals surface area contributed by atoms with Crippen LogP contribution < -0.4 is 10.2 Å². The second-order valence-electron chi connectivity index (χ2n) is 7.39. The van der Waals surface area contributed by atoms with Crippen molar-refractivity contribution in [3.05, 3.63) is 99.6 Å². The molecule has 0 atom stereocenters. The molecule has 4 rings (SSSR count). The summed E-state index contributed by atoms with van der Waals surface area (Å²) in [7, 11) is 0. The van der Waals surface area contributed by atoms with E-state index in [2.05, 4.69) is 20.8 Å². The van der Waals surface area contributed by atoms with E-state index >= 15 is 0 Å². The fourth-order valence-corrected chi connectivity index (χ4v) is 3.39. The molecule has 36 heavy (non-hydrogen) atoms. The molecule has 0 aliphatic rings. The first kappa shape index (κ1) is 24.3. The number of fused-ring (bicyclic) bond motifs is 1. The molecule has 1 amide bonds. The van der Waals surface area contributed by atoms with Crippen molar-refractivity contribution in [1.29, 1.82) is 0 Å². The van der Waals surface area contributed by atoms with Gasteiger partial charge in [0, 0.05) is 22.0 Å². The number of nitro groups is 1. The van der Waals surface area contributed by atoms with Gasteiger partial charge in [-0.25, -0.2) is 5.43 Å². The van der Waals surface area contributed by atoms with Crippen LogP contribution in [-0.4, -0.2) is 28.8 Å². The normalized spacial score (nSPS) is 11.2. The third kappa shape index (κ3) is 5.99. The maximum absolute atomic E-state index is 12.0. The zero-order chi connectivity index (χ0) is 25.5. The fraction of sp³-hybridized carbons (Fsp3) is 0.0400. The van der Waals surface area contributed by atoms with Gasteiger partial charge in [-0.05, 0) is 41.8 Å². The van der Waals surface area contributed by atoms with E-state index in [1.165, 1.54) is 24.4 Å². The van der Waals surface area contributed by atoms with E-state index in [4.69, 9.17) is 16.3 Å². The number of halogens is 1. The van der Waals surface area contributed by atoms with Gasteiger partial charge in [-0.1, -0.05) is 48.0 Å². The first-order valence-electron chi connectivity index (χ1n) is 10.5. The number of aromatic hydroxyl groups is 1. The summed E-state index contributed by atoms with van der Waals surface area (Å²) in [5, 5.41) is 35.7. The number of nitro benzene ring substituents is 1. The Hall–Kier alpha value is -4.83. The van der Waals surface area contributed by atoms with Crippen LogP contribution in [0, 0.1) is 10.1 Å². The first-order chi connectivity index (χ1) is 17.4. The molecular weight excluding hydrogens is 486 g/mol. The number of hydrazone groups is 1. The summed E-state index contributed by atoms with van der Waals surface area (Å²) in [6.07, 6.45) is 1.23. The van der Waals surface area contributed by atoms with E-state index in [9.17, 15) is 20.0 Å². The van der Waals surface area contributed by atoms with E-state index < -0.39 is 17.4 Å². The van der Waals surface area contributed by atoms with Gasteiger partial charge in [-0.2, -0.15) is 10.2 Å². The van der Waals surface area contributed by atoms with Crippen molar-refractivity contribution >= 4 is 51.6 Å². The summed E-state index contributed by atoms with van der Waals surface area (Å²) in [6.45, 7) is -0.523. The van der Waals surface area contributed by atoms with Crippen LogP contribution in [0.5, 0.6) is 11.5 Å². The smallest absolute Gasteiger partial charge is 0.312 e. The van der Waals surface area contributed by atoms with E-state index in [-0.39, 0.29) is 22.2 Å². The topological polar surface area (TPSA) is 139 Å². The number of hydrogen-bond acceptors (Lipinski definition) is 8. The number of ether oxygens (including phenoxy) is 1. The standard InChI is InChI=1S/C25H18ClN5O5/c26-18-8-11-24(22(13-18)31(34)35)36-15-25(33)30-27-14-17-12-19(9-10-23(17)32)28-29-21-7-3-5-16-4-1-2-6-20(16)21/h1-14,32H,15H2,(H,30,33)/b27-14+,29-28?. The van der Waals surface area contributed by atoms with Gasteiger partial charge in [0.25, 0.3) is 5.91 Å². The molecule has 11 heteroatoms. The van der Waals surface area contributed by atoms with Crippen LogP contribution in [0.1, 0.15) is 5.56 Å². The second kappa shape index (κ2) is 11.1. The average molecular weight is 504 g/mol. The molecular formula is C25H18ClN5O5. The third-order valence-electron chi connectivity index (χ3n) is 4.92. The van der Waals surface area contributed by atoms with Gasteiger partial charge in [-0.3, -0.25) is 14.9 Å². The Kier molecular flexibility index (Phi) is 7.47. The molecule has 0 aromatic heterocycles. The molecule has 0 aliphatic carbocycles. The van der Waals surface area contributed by atoms with Crippen molar-refractivity contribution in [3.8, 4) is 11.5 Å². The molecule has 180 valence electrons. The van der Waals surface area contributed by atoms with Gasteiger partial charge in [0.05, 0.1) is 22.5 Å². The van der Waals surface area contributed by atoms with Crippen molar-refractivity contribution < 1.29 is 19.6 Å². The van der Waals surface area contributed by atoms with Crippen LogP contribution in [0.2, 0.25) is 5.02 Å². The van der Waals surface area contributed by atoms with Crippen LogP contribution in [0.3, 0.4) is 0 Å². The Labute approximate surface area is 209 Å². The molecule has 0 aliphatic heterocycles. The third-order valence-corrected chi connectivity index (χ3v) is 5.16. The van der Waals surface area contributed by atoms with Gasteiger partial charge in [-0.15, -0.1) is 5.11 Å². The maximum atomic E-state index is 12.0. The van der Waals surface area contributed by atoms with Gasteiger partial charge in [0.15, 0.2) is 12.4 Å². The Bertz CT molecular complexity index is 1500. The lowest BCUT2D eigenvalue weighted by Gasteiger charge is -2.06. The first-order valence-corrected chi connectivity index (χ1v) is 10.9. The highest BCUT2D eigenvalue weighted by Crippen LogP contribution is 2.30. The zero-order valence-corrected chi connectivity index (χ0v) is 19.3. The number of phenols is 1. The van der Waals surface area contributed by atoms with Crippen molar-refractivity contribution in [1.82, 2.24) is 5.43 Å². The molecule has 0 saturated heterocycles. The molecule has 10 nitrogen and oxygen atoms in total. The van der Waals surface area contributed by atoms with Gasteiger partial charge in [0.2, 0.25) is 0 Å². The molecule has 4 aromatic carbocycles. The number of nitrogens with one attached hydrogen (secondary N) is 1. The lowest BCUT2D eigenvalue weighted by molar-refractivity contribution is -0.385. The zero-order valence-electron chi connectivity index (χ0n) is 18.5. The van der Waals surface area contributed by atoms with E-state index in [0.29, 0.717) is 16.9 Å². The van der Waals surface area contributed by atoms with Gasteiger partial charge < -0.3 is 9.84 Å². The van der Waals surface area contributed by atoms with Crippen LogP contribution in [0.25, 0.3) is 10.8 Å². The predicted molar refractivity (Wildman–Crippen MR) is 136 cm³/mol. The van der Waals surface area contributed by atoms with Crippen molar-refractivity contribution in [2.24, 2.45) is 15.3 Å². The number of rotatable bonds is 8. The summed E-state index contributed by atoms with van der Waals surface area (Å²) in [4.78, 5) is 22.5. The minimum atomic E-state index is -0.665. The van der Waals surface area contributed by atoms with Crippen molar-refractivity contribution in [3.63, 3.8) is 0 Å². The number of nitrogens with zero attached hydrogens (tertiary/aromatic N) is 4. The van der Waals surface area contributed by atoms with Crippen LogP contribution in [0.15, 0.2) is 94.2 Å². The number of carbonyl (C=O) groups excluding carboxylic acids is 1. The maximum Gasteiger partial charge on any atom is 0.312 e. The van der Waals surface area contributed by atoms with Crippen LogP contribution >= 0.6 is 11.6 Å². The van der Waals surface area contributed by atoms with E-state index in [1.54, 1.807) is 12.1 Å². The molecule has 2 N–H and O–H groups in total. The molecule has 0 bridgehead atoms. The van der Waals surface area contributed by atoms with Crippen LogP contribution in [-0.2, 0) is 4.79 Å². The van der Waals surface area contributed by atoms with E-state index in [1.807, 2.05) is 42.5 Å². The SMILES string of the molecule is O=C(COc1ccc(Cl)cc1[N+](=O)[O-])N/N=C/c1cc(N=Nc2cccc3ccccc23)ccc1O. The summed E-state index contributed by atoms with van der Waals surface area (Å²) in [5.74, 6) is -0.850. The number of hydrogen-bond donors (Lipinski definition) is 2. The number of carbonyl (C=O) groups is 1. The lowest BCUT2D eigenvalue weighted by Crippen LogP contribution is -2.24. The Morgan fingerprint density at radius 1 is 1.06 bits per heavy atom. The fourth-order valence-electron chi connectivity index (χ4n) is 3.22. The van der Waals surface area contributed by atoms with Gasteiger partial charge in [0.1, 0.15) is 5.75 Å². The number of phenolic OH excluding ortho intramolecular Hbond substituents is 1. The van der Waals surface area contributed by atoms with Crippen molar-refractivity contribution in [2.45, 2.75) is 0 Å². The molecule has 0 radical (unpaired) electrons. The predicted octanol–water partition coefficient (Wildman–Crippen LogP) is 6.05. The minimum absolute atomic E-state index is 0.0786. The van der Waals surface area contributed by atoms with Gasteiger partial charge >= 0.3 is 5.69 Å². The largest absolute Gasteiger partial charge is 0.507 e. The van der Waals surface area contributed by atoms with Crippen LogP contribution in [0.4, 0.5) is 17.1 Å². The molecule has 0 spiro atoms. The summed E-state index contributed by atoms with van der Waals surface area (Å²) >= 11 is 5.76. The molecule has 0 heterocycles. The Morgan fingerprint density at radius 2 is 1.86 bits per heavy atom. The highest BCUT2D eigenvalue weighted by molar-refractivity contribution is 6.30. The summed E-state index contributed by atoms with van der Waals surface area (Å²) in [6, 6.07) is 21.9. The summed E-state index contributed by atoms with van der Waals surface area (Å²) in [5.41, 5.74) is 3.32. The average Bonchev–Trinajstić information content (AvgIpc) is 2.88. The Morgan fingerprint density at radius 3 is 2.69 bits per heavy atom. The highest BCUT2D eigenvalue weighted by Gasteiger charge is 2.16. The molecule has 4 aromatic rings. The quantitative estimate of drug-likeness (QED) is 0.130. The lowest BCUT2D eigenvalue weighted by atomic mass is 10.1. The Balaban J connectivity index is 1.40. The molecule has 0 fully saturated rings. The monoisotopic (exact) mass is 503 g/mol. The number of azo groups is 1. The minimum Gasteiger partial charge on any atom is -0.507 e. The molecule has 0 saturated carbocycles. The second-order valence-corrected chi connectivity index (χ2v) is 7.83. The number of benzene rings is 4. The molecule has 0 unspecified atom stereocenters. The van der Waals surface area contributed by atoms with Crippen molar-refractivity contribution in [2.75, 3.05) is 6.61 Å². The highest BCUT2D eigenvalue weighted by atomic mass is 35.5. The summed E-state index contributed by atoms with van der Waals surface area (Å²) < 4.78 is 5.20. The van der Waals surface area contributed by atoms with E-state index in [0.717, 1.165) is 16.8 Å².